The molecule has 1 N–H and O–H groups in total. The Morgan fingerprint density at radius 2 is 0.625 bits per heavy atom. The van der Waals surface area contributed by atoms with Crippen LogP contribution in [0, 0.1) is 27.7 Å². The van der Waals surface area contributed by atoms with Gasteiger partial charge in [0.15, 0.2) is 0 Å². The van der Waals surface area contributed by atoms with Gasteiger partial charge in [0.1, 0.15) is 23.0 Å². The maximum absolute atomic E-state index is 12.6. The second-order valence-electron chi connectivity index (χ2n) is 16.2. The van der Waals surface area contributed by atoms with Gasteiger partial charge in [-0.05, 0) is 144 Å². The van der Waals surface area contributed by atoms with E-state index in [1.165, 1.54) is 38.9 Å². The van der Waals surface area contributed by atoms with Gasteiger partial charge in [0.25, 0.3) is 0 Å². The monoisotopic (exact) mass is 818 g/mol. The minimum absolute atomic E-state index is 0.360. The van der Waals surface area contributed by atoms with E-state index in [2.05, 4.69) is 79.7 Å². The van der Waals surface area contributed by atoms with Crippen LogP contribution < -0.4 is 27.9 Å². The van der Waals surface area contributed by atoms with E-state index in [0.29, 0.717) is 72.4 Å². The molecule has 2 heterocycles. The van der Waals surface area contributed by atoms with E-state index in [-0.39, 0.29) is 0 Å². The normalized spacial score (nSPS) is 15.4. The van der Waals surface area contributed by atoms with Crippen LogP contribution in [0.1, 0.15) is 146 Å². The first-order valence-electron chi connectivity index (χ1n) is 19.3. The first-order chi connectivity index (χ1) is 26.1. The first kappa shape index (κ1) is 45.7. The van der Waals surface area contributed by atoms with E-state index < -0.39 is 15.6 Å². The molecule has 0 saturated carbocycles. The maximum atomic E-state index is 12.6. The molecule has 0 atom stereocenters. The predicted molar refractivity (Wildman–Crippen MR) is 222 cm³/mol. The van der Waals surface area contributed by atoms with Crippen molar-refractivity contribution in [1.82, 2.24) is 0 Å². The summed E-state index contributed by atoms with van der Waals surface area (Å²) in [5.74, 6) is 3.08. The third-order valence-electron chi connectivity index (χ3n) is 10.3. The van der Waals surface area contributed by atoms with Crippen molar-refractivity contribution in [2.24, 2.45) is 0 Å². The Hall–Kier alpha value is -3.05. The van der Waals surface area contributed by atoms with Gasteiger partial charge in [-0.2, -0.15) is 0 Å². The Morgan fingerprint density at radius 1 is 0.446 bits per heavy atom. The van der Waals surface area contributed by atoms with Crippen molar-refractivity contribution in [3.8, 4) is 23.0 Å². The molecule has 2 aliphatic rings. The predicted octanol–water partition coefficient (Wildman–Crippen LogP) is 10.2. The molecule has 0 bridgehead atoms. The molecule has 9 nitrogen and oxygen atoms in total. The molecule has 0 spiro atoms. The Bertz CT molecular complexity index is 1850. The fourth-order valence-corrected chi connectivity index (χ4v) is 9.14. The van der Waals surface area contributed by atoms with E-state index in [9.17, 15) is 18.9 Å². The van der Waals surface area contributed by atoms with E-state index in [0.717, 1.165) is 44.5 Å². The molecule has 300 valence electrons. The van der Waals surface area contributed by atoms with Crippen LogP contribution in [0.2, 0.25) is 0 Å². The van der Waals surface area contributed by atoms with Gasteiger partial charge in [-0.1, -0.05) is 104 Å². The van der Waals surface area contributed by atoms with Gasteiger partial charge in [0.05, 0.1) is 0 Å². The van der Waals surface area contributed by atoms with Crippen LogP contribution in [-0.2, 0) is 34.8 Å². The summed E-state index contributed by atoms with van der Waals surface area (Å²) in [6.07, 6.45) is 2.81. The summed E-state index contributed by atoms with van der Waals surface area (Å²) >= 11 is 1.42. The van der Waals surface area contributed by atoms with Crippen molar-refractivity contribution in [1.29, 1.82) is 0 Å². The Morgan fingerprint density at radius 3 is 0.786 bits per heavy atom. The summed E-state index contributed by atoms with van der Waals surface area (Å²) in [5, 5.41) is 0. The van der Waals surface area contributed by atoms with Gasteiger partial charge in [-0.25, -0.2) is 9.13 Å². The summed E-state index contributed by atoms with van der Waals surface area (Å²) in [6, 6.07) is 16.3. The molecule has 12 heteroatoms. The Kier molecular flexibility index (Phi) is 15.2. The average Bonchev–Trinajstić information content (AvgIpc) is 3.20. The van der Waals surface area contributed by atoms with Crippen molar-refractivity contribution in [2.75, 3.05) is 0 Å². The van der Waals surface area contributed by atoms with Gasteiger partial charge >= 0.3 is 36.4 Å². The Balaban J connectivity index is 0.000000238. The van der Waals surface area contributed by atoms with Gasteiger partial charge in [0, 0.05) is 0 Å². The number of hydrogen-bond donors (Lipinski definition) is 1. The van der Waals surface area contributed by atoms with Crippen LogP contribution in [0.5, 0.6) is 23.0 Å². The molecule has 4 aromatic carbocycles. The third kappa shape index (κ3) is 11.1. The van der Waals surface area contributed by atoms with Crippen molar-refractivity contribution in [2.45, 2.75) is 132 Å². The summed E-state index contributed by atoms with van der Waals surface area (Å²) in [5.41, 5.74) is 11.7. The number of phosphoric ester groups is 2. The first-order valence-corrected chi connectivity index (χ1v) is 22.8. The molecule has 0 unspecified atom stereocenters. The molecule has 0 fully saturated rings. The molecule has 2 aliphatic heterocycles. The van der Waals surface area contributed by atoms with Crippen LogP contribution in [0.3, 0.4) is 0 Å². The zero-order chi connectivity index (χ0) is 41.9. The van der Waals surface area contributed by atoms with Crippen LogP contribution in [0.4, 0.5) is 0 Å². The molecule has 0 radical (unpaired) electrons. The van der Waals surface area contributed by atoms with Gasteiger partial charge in [0.2, 0.25) is 0 Å². The van der Waals surface area contributed by atoms with Crippen molar-refractivity contribution < 1.29 is 41.2 Å². The summed E-state index contributed by atoms with van der Waals surface area (Å²) in [6.45, 7) is 24.6. The summed E-state index contributed by atoms with van der Waals surface area (Å²) < 4.78 is 53.9. The molecule has 0 aliphatic carbocycles. The molecule has 0 aromatic heterocycles. The third-order valence-corrected chi connectivity index (χ3v) is 11.9. The van der Waals surface area contributed by atoms with Crippen molar-refractivity contribution >= 4 is 32.3 Å². The van der Waals surface area contributed by atoms with Crippen molar-refractivity contribution in [3.63, 3.8) is 0 Å². The molecular formula is C44H57AlO9P2. The zero-order valence-electron chi connectivity index (χ0n) is 34.9. The van der Waals surface area contributed by atoms with Crippen LogP contribution in [0.15, 0.2) is 48.5 Å². The van der Waals surface area contributed by atoms with Gasteiger partial charge in [-0.15, -0.1) is 0 Å². The van der Waals surface area contributed by atoms with E-state index >= 15 is 0 Å². The minimum atomic E-state index is -4.53. The molecule has 0 amide bonds. The van der Waals surface area contributed by atoms with Crippen LogP contribution in [-0.4, -0.2) is 20.8 Å². The topological polar surface area (TPSA) is 137 Å². The van der Waals surface area contributed by atoms with Crippen LogP contribution in [0.25, 0.3) is 0 Å². The average molecular weight is 819 g/mol. The molecule has 4 aromatic rings. The molecule has 6 rings (SSSR count). The zero-order valence-corrected chi connectivity index (χ0v) is 37.9. The fourth-order valence-electron chi connectivity index (χ4n) is 7.13. The molecular weight excluding hydrogens is 761 g/mol. The van der Waals surface area contributed by atoms with E-state index in [1.807, 2.05) is 52.0 Å². The number of hydrogen-bond acceptors (Lipinski definition) is 9. The summed E-state index contributed by atoms with van der Waals surface area (Å²) in [7, 11) is -9.06. The number of aryl methyl sites for hydroxylation is 8. The van der Waals surface area contributed by atoms with E-state index in [1.54, 1.807) is 0 Å². The van der Waals surface area contributed by atoms with Gasteiger partial charge < -0.3 is 27.9 Å². The second kappa shape index (κ2) is 18.7. The number of benzene rings is 4. The molecule has 56 heavy (non-hydrogen) atoms. The van der Waals surface area contributed by atoms with Crippen LogP contribution >= 0.6 is 15.6 Å². The Labute approximate surface area is 342 Å². The molecule has 0 saturated heterocycles. The summed E-state index contributed by atoms with van der Waals surface area (Å²) in [4.78, 5) is 25.3. The number of rotatable bonds is 4. The second-order valence-corrected chi connectivity index (χ2v) is 18.7. The fraction of sp³-hybridized carbons (Fsp3) is 0.455. The van der Waals surface area contributed by atoms with Gasteiger partial charge in [-0.3, -0.25) is 0 Å². The van der Waals surface area contributed by atoms with Crippen molar-refractivity contribution in [3.05, 3.63) is 115 Å². The quantitative estimate of drug-likeness (QED) is 0.158. The standard InChI is InChI=1S/2C22H29O4P.Al.H2O/c2*1-13(2)19-9-15(5)21-17(11-19)7-8-18-12-20(14(3)4)10-16(6)22(18)26-27(23,24)25-21;;/h2*9-14H,7-8H2,1-6H3,(H,23,24);;1H2/q;;+3;/p-3. The number of phosphoric acid groups is 2. The SMILES string of the molecule is Cc1cc(C(C)C)cc2c1OP(=O)([O-])Oc1c(C)cc(C(C)C)cc1CC2.Cc1cc(C(C)C)cc2c1OP(=O)([O-])Oc1c(C)cc(C(C)C)cc1CC2.[OH][Al+2]. The number of fused-ring (bicyclic) bond motifs is 4. The van der Waals surface area contributed by atoms with E-state index in [4.69, 9.17) is 22.3 Å².